The normalized spacial score (nSPS) is 11.5. The predicted molar refractivity (Wildman–Crippen MR) is 88.4 cm³/mol. The van der Waals surface area contributed by atoms with E-state index in [2.05, 4.69) is 9.72 Å². The number of rotatable bonds is 5. The van der Waals surface area contributed by atoms with Gasteiger partial charge in [0.2, 0.25) is 5.88 Å². The topological polar surface area (TPSA) is 57.7 Å². The molecule has 0 bridgehead atoms. The van der Waals surface area contributed by atoms with Gasteiger partial charge in [0.1, 0.15) is 5.02 Å². The van der Waals surface area contributed by atoms with Crippen LogP contribution in [0.3, 0.4) is 0 Å². The minimum absolute atomic E-state index is 0.192. The smallest absolute Gasteiger partial charge is 0.417 e. The first-order valence-corrected chi connectivity index (χ1v) is 7.47. The predicted octanol–water partition coefficient (Wildman–Crippen LogP) is 4.74. The number of carbonyl (C=O) groups is 1. The number of alkyl halides is 3. The lowest BCUT2D eigenvalue weighted by atomic mass is 10.2. The lowest BCUT2D eigenvalue weighted by Crippen LogP contribution is -2.06. The number of methoxy groups -OCH3 is 2. The van der Waals surface area contributed by atoms with E-state index in [1.165, 1.54) is 32.4 Å². The van der Waals surface area contributed by atoms with E-state index in [9.17, 15) is 18.0 Å². The SMILES string of the molecule is COC(=O)/C=C/c1ccc(Oc2ncc(C(F)(F)F)cc2Cl)c(OC)c1. The molecule has 0 atom stereocenters. The molecule has 0 N–H and O–H groups in total. The fraction of sp³-hybridized carbons (Fsp3) is 0.176. The molecule has 1 aromatic carbocycles. The Labute approximate surface area is 152 Å². The Balaban J connectivity index is 2.27. The van der Waals surface area contributed by atoms with Crippen LogP contribution in [0.4, 0.5) is 13.2 Å². The molecule has 2 rings (SSSR count). The van der Waals surface area contributed by atoms with Crippen molar-refractivity contribution in [1.29, 1.82) is 0 Å². The van der Waals surface area contributed by atoms with Crippen molar-refractivity contribution in [3.8, 4) is 17.4 Å². The largest absolute Gasteiger partial charge is 0.493 e. The second-order valence-electron chi connectivity index (χ2n) is 4.88. The van der Waals surface area contributed by atoms with Crippen molar-refractivity contribution in [2.45, 2.75) is 6.18 Å². The Bertz CT molecular complexity index is 837. The van der Waals surface area contributed by atoms with Crippen LogP contribution in [0.25, 0.3) is 6.08 Å². The molecule has 0 aliphatic rings. The summed E-state index contributed by atoms with van der Waals surface area (Å²) in [6.07, 6.45) is -1.20. The van der Waals surface area contributed by atoms with Crippen LogP contribution >= 0.6 is 11.6 Å². The summed E-state index contributed by atoms with van der Waals surface area (Å²) in [4.78, 5) is 14.7. The Morgan fingerprint density at radius 3 is 2.50 bits per heavy atom. The molecule has 0 spiro atoms. The molecule has 1 heterocycles. The number of carbonyl (C=O) groups excluding carboxylic acids is 1. The Hall–Kier alpha value is -2.74. The number of esters is 1. The van der Waals surface area contributed by atoms with Crippen molar-refractivity contribution in [1.82, 2.24) is 4.98 Å². The molecule has 9 heteroatoms. The van der Waals surface area contributed by atoms with E-state index in [0.717, 1.165) is 6.07 Å². The fourth-order valence-corrected chi connectivity index (χ4v) is 2.07. The minimum Gasteiger partial charge on any atom is -0.493 e. The van der Waals surface area contributed by atoms with E-state index >= 15 is 0 Å². The minimum atomic E-state index is -4.56. The zero-order valence-corrected chi connectivity index (χ0v) is 14.4. The van der Waals surface area contributed by atoms with Gasteiger partial charge in [-0.1, -0.05) is 17.7 Å². The van der Waals surface area contributed by atoms with Gasteiger partial charge in [0.25, 0.3) is 0 Å². The van der Waals surface area contributed by atoms with E-state index in [4.69, 9.17) is 21.1 Å². The summed E-state index contributed by atoms with van der Waals surface area (Å²) < 4.78 is 53.1. The first kappa shape index (κ1) is 19.6. The number of nitrogens with zero attached hydrogens (tertiary/aromatic N) is 1. The first-order chi connectivity index (χ1) is 12.2. The quantitative estimate of drug-likeness (QED) is 0.548. The van der Waals surface area contributed by atoms with E-state index in [0.29, 0.717) is 11.8 Å². The van der Waals surface area contributed by atoms with Gasteiger partial charge in [-0.3, -0.25) is 0 Å². The maximum Gasteiger partial charge on any atom is 0.417 e. The van der Waals surface area contributed by atoms with Crippen LogP contribution in [0.15, 0.2) is 36.5 Å². The third-order valence-electron chi connectivity index (χ3n) is 3.14. The maximum absolute atomic E-state index is 12.6. The molecule has 0 aliphatic carbocycles. The highest BCUT2D eigenvalue weighted by molar-refractivity contribution is 6.31. The summed E-state index contributed by atoms with van der Waals surface area (Å²) in [7, 11) is 2.64. The molecule has 0 amide bonds. The highest BCUT2D eigenvalue weighted by atomic mass is 35.5. The van der Waals surface area contributed by atoms with Crippen molar-refractivity contribution in [3.63, 3.8) is 0 Å². The molecule has 0 saturated heterocycles. The van der Waals surface area contributed by atoms with Gasteiger partial charge in [0.15, 0.2) is 11.5 Å². The first-order valence-electron chi connectivity index (χ1n) is 7.09. The third-order valence-corrected chi connectivity index (χ3v) is 3.41. The van der Waals surface area contributed by atoms with Crippen molar-refractivity contribution in [2.75, 3.05) is 14.2 Å². The van der Waals surface area contributed by atoms with Crippen LogP contribution in [0.5, 0.6) is 17.4 Å². The van der Waals surface area contributed by atoms with E-state index in [-0.39, 0.29) is 22.4 Å². The van der Waals surface area contributed by atoms with E-state index in [1.807, 2.05) is 0 Å². The number of hydrogen-bond donors (Lipinski definition) is 0. The molecule has 138 valence electrons. The number of benzene rings is 1. The van der Waals surface area contributed by atoms with Crippen LogP contribution < -0.4 is 9.47 Å². The number of halogens is 4. The molecule has 0 unspecified atom stereocenters. The summed E-state index contributed by atoms with van der Waals surface area (Å²) in [5.74, 6) is -0.257. The second kappa shape index (κ2) is 8.09. The third kappa shape index (κ3) is 4.89. The Kier molecular flexibility index (Phi) is 6.10. The number of hydrogen-bond acceptors (Lipinski definition) is 5. The van der Waals surface area contributed by atoms with Gasteiger partial charge in [-0.25, -0.2) is 9.78 Å². The van der Waals surface area contributed by atoms with Crippen molar-refractivity contribution in [2.24, 2.45) is 0 Å². The molecular weight excluding hydrogens is 375 g/mol. The summed E-state index contributed by atoms with van der Waals surface area (Å²) in [5.41, 5.74) is -0.365. The van der Waals surface area contributed by atoms with E-state index in [1.54, 1.807) is 12.1 Å². The van der Waals surface area contributed by atoms with Crippen LogP contribution in [0.1, 0.15) is 11.1 Å². The molecule has 0 radical (unpaired) electrons. The fourth-order valence-electron chi connectivity index (χ4n) is 1.86. The van der Waals surface area contributed by atoms with Crippen molar-refractivity contribution >= 4 is 23.6 Å². The molecule has 0 aliphatic heterocycles. The van der Waals surface area contributed by atoms with Crippen molar-refractivity contribution < 1.29 is 32.2 Å². The zero-order valence-electron chi connectivity index (χ0n) is 13.6. The summed E-state index contributed by atoms with van der Waals surface area (Å²) in [6, 6.07) is 5.40. The summed E-state index contributed by atoms with van der Waals surface area (Å²) >= 11 is 5.82. The standard InChI is InChI=1S/C17H13ClF3NO4/c1-24-14-7-10(4-6-15(23)25-2)3-5-13(14)26-16-12(18)8-11(9-22-16)17(19,20)21/h3-9H,1-2H3/b6-4+. The van der Waals surface area contributed by atoms with Gasteiger partial charge >= 0.3 is 12.1 Å². The highest BCUT2D eigenvalue weighted by Gasteiger charge is 2.31. The second-order valence-corrected chi connectivity index (χ2v) is 5.28. The molecule has 1 aromatic heterocycles. The van der Waals surface area contributed by atoms with Crippen molar-refractivity contribution in [3.05, 3.63) is 52.7 Å². The van der Waals surface area contributed by atoms with Crippen LogP contribution in [-0.4, -0.2) is 25.2 Å². The van der Waals surface area contributed by atoms with Gasteiger partial charge < -0.3 is 14.2 Å². The van der Waals surface area contributed by atoms with Crippen LogP contribution in [0.2, 0.25) is 5.02 Å². The molecule has 5 nitrogen and oxygen atoms in total. The summed E-state index contributed by atoms with van der Waals surface area (Å²) in [6.45, 7) is 0. The molecule has 26 heavy (non-hydrogen) atoms. The van der Waals surface area contributed by atoms with Gasteiger partial charge in [-0.05, 0) is 29.8 Å². The summed E-state index contributed by atoms with van der Waals surface area (Å²) in [5, 5.41) is -0.295. The molecule has 0 saturated carbocycles. The molecule has 0 fully saturated rings. The lowest BCUT2D eigenvalue weighted by molar-refractivity contribution is -0.138. The number of pyridine rings is 1. The van der Waals surface area contributed by atoms with Gasteiger partial charge in [-0.15, -0.1) is 0 Å². The Morgan fingerprint density at radius 2 is 1.92 bits per heavy atom. The average Bonchev–Trinajstić information content (AvgIpc) is 2.61. The van der Waals surface area contributed by atoms with E-state index < -0.39 is 17.7 Å². The van der Waals surface area contributed by atoms with Crippen LogP contribution in [-0.2, 0) is 15.7 Å². The molecular formula is C17H13ClF3NO4. The molecule has 2 aromatic rings. The monoisotopic (exact) mass is 387 g/mol. The van der Waals surface area contributed by atoms with Gasteiger partial charge in [0.05, 0.1) is 19.8 Å². The number of aromatic nitrogens is 1. The maximum atomic E-state index is 12.6. The average molecular weight is 388 g/mol. The lowest BCUT2D eigenvalue weighted by Gasteiger charge is -2.12. The highest BCUT2D eigenvalue weighted by Crippen LogP contribution is 2.37. The Morgan fingerprint density at radius 1 is 1.19 bits per heavy atom. The van der Waals surface area contributed by atoms with Gasteiger partial charge in [0, 0.05) is 12.3 Å². The number of ether oxygens (including phenoxy) is 3. The van der Waals surface area contributed by atoms with Gasteiger partial charge in [-0.2, -0.15) is 13.2 Å². The zero-order chi connectivity index (χ0) is 19.3. The van der Waals surface area contributed by atoms with Crippen LogP contribution in [0, 0.1) is 0 Å².